The normalized spacial score (nSPS) is 14.2. The Morgan fingerprint density at radius 2 is 1.96 bits per heavy atom. The van der Waals surface area contributed by atoms with E-state index in [0.717, 1.165) is 39.3 Å². The van der Waals surface area contributed by atoms with Gasteiger partial charge in [-0.05, 0) is 44.7 Å². The molecule has 1 aliphatic rings. The maximum Gasteiger partial charge on any atom is 0.258 e. The van der Waals surface area contributed by atoms with Crippen molar-refractivity contribution in [2.45, 2.75) is 56.1 Å². The molecule has 7 heteroatoms. The van der Waals surface area contributed by atoms with Gasteiger partial charge in [0.05, 0.1) is 22.0 Å². The van der Waals surface area contributed by atoms with Crippen LogP contribution in [0.15, 0.2) is 34.5 Å². The van der Waals surface area contributed by atoms with Crippen LogP contribution in [0.5, 0.6) is 0 Å². The molecule has 0 unspecified atom stereocenters. The maximum atomic E-state index is 12.9. The molecule has 1 amide bonds. The number of nitrogens with zero attached hydrogens (tertiary/aromatic N) is 2. The molecule has 1 N–H and O–H groups in total. The summed E-state index contributed by atoms with van der Waals surface area (Å²) in [5.74, 6) is 0.680. The second-order valence-corrected chi connectivity index (χ2v) is 10.1. The lowest BCUT2D eigenvalue weighted by molar-refractivity contribution is 0.102. The molecule has 28 heavy (non-hydrogen) atoms. The molecule has 0 spiro atoms. The number of aryl methyl sites for hydroxylation is 3. The van der Waals surface area contributed by atoms with E-state index < -0.39 is 0 Å². The number of thioether (sulfide) groups is 1. The van der Waals surface area contributed by atoms with Crippen molar-refractivity contribution in [1.82, 2.24) is 9.97 Å². The topological polar surface area (TPSA) is 54.9 Å². The van der Waals surface area contributed by atoms with E-state index in [1.54, 1.807) is 34.4 Å². The fraction of sp³-hybridized carbons (Fsp3) is 0.381. The highest BCUT2D eigenvalue weighted by atomic mass is 32.2. The minimum absolute atomic E-state index is 0.0840. The van der Waals surface area contributed by atoms with Gasteiger partial charge in [-0.2, -0.15) is 0 Å². The lowest BCUT2D eigenvalue weighted by Gasteiger charge is -2.08. The summed E-state index contributed by atoms with van der Waals surface area (Å²) >= 11 is 4.95. The van der Waals surface area contributed by atoms with Gasteiger partial charge in [-0.1, -0.05) is 25.0 Å². The molecule has 2 aromatic heterocycles. The molecular formula is C21H23N3OS3. The molecule has 1 aromatic carbocycles. The second kappa shape index (κ2) is 9.20. The van der Waals surface area contributed by atoms with Gasteiger partial charge in [-0.25, -0.2) is 9.97 Å². The smallest absolute Gasteiger partial charge is 0.258 e. The van der Waals surface area contributed by atoms with Crippen LogP contribution in [-0.4, -0.2) is 15.9 Å². The number of thiazole rings is 2. The molecule has 0 atom stereocenters. The fourth-order valence-corrected chi connectivity index (χ4v) is 6.04. The van der Waals surface area contributed by atoms with Crippen LogP contribution >= 0.6 is 34.4 Å². The third-order valence-corrected chi connectivity index (χ3v) is 7.74. The van der Waals surface area contributed by atoms with Crippen LogP contribution in [-0.2, 0) is 18.6 Å². The Morgan fingerprint density at radius 3 is 2.79 bits per heavy atom. The maximum absolute atomic E-state index is 12.9. The minimum Gasteiger partial charge on any atom is -0.298 e. The van der Waals surface area contributed by atoms with E-state index in [1.165, 1.54) is 36.3 Å². The van der Waals surface area contributed by atoms with E-state index in [2.05, 4.69) is 15.7 Å². The highest BCUT2D eigenvalue weighted by Crippen LogP contribution is 2.30. The second-order valence-electron chi connectivity index (χ2n) is 6.90. The highest BCUT2D eigenvalue weighted by molar-refractivity contribution is 7.98. The number of carbonyl (C=O) groups is 1. The first-order chi connectivity index (χ1) is 13.7. The van der Waals surface area contributed by atoms with E-state index in [-0.39, 0.29) is 5.91 Å². The summed E-state index contributed by atoms with van der Waals surface area (Å²) in [7, 11) is 0. The molecule has 1 aliphatic carbocycles. The monoisotopic (exact) mass is 429 g/mol. The van der Waals surface area contributed by atoms with E-state index in [9.17, 15) is 4.79 Å². The Hall–Kier alpha value is -1.70. The molecule has 0 bridgehead atoms. The first-order valence-corrected chi connectivity index (χ1v) is 12.3. The van der Waals surface area contributed by atoms with Crippen molar-refractivity contribution in [3.8, 4) is 0 Å². The van der Waals surface area contributed by atoms with Crippen molar-refractivity contribution in [1.29, 1.82) is 0 Å². The van der Waals surface area contributed by atoms with E-state index >= 15 is 0 Å². The Labute approximate surface area is 177 Å². The Balaban J connectivity index is 1.47. The number of carbonyl (C=O) groups excluding carboxylic acids is 1. The quantitative estimate of drug-likeness (QED) is 0.497. The summed E-state index contributed by atoms with van der Waals surface area (Å²) in [5, 5.41) is 6.92. The van der Waals surface area contributed by atoms with Gasteiger partial charge in [0.25, 0.3) is 5.91 Å². The molecule has 0 aliphatic heterocycles. The van der Waals surface area contributed by atoms with E-state index in [0.29, 0.717) is 5.56 Å². The fourth-order valence-electron chi connectivity index (χ4n) is 3.33. The zero-order valence-corrected chi connectivity index (χ0v) is 18.3. The third kappa shape index (κ3) is 4.82. The number of anilines is 1. The summed E-state index contributed by atoms with van der Waals surface area (Å²) in [4.78, 5) is 24.5. The van der Waals surface area contributed by atoms with Gasteiger partial charge in [0.2, 0.25) is 0 Å². The molecule has 146 valence electrons. The van der Waals surface area contributed by atoms with Crippen LogP contribution in [0.25, 0.3) is 0 Å². The summed E-state index contributed by atoms with van der Waals surface area (Å²) in [6.45, 7) is 2.01. The predicted octanol–water partition coefficient (Wildman–Crippen LogP) is 6.11. The largest absolute Gasteiger partial charge is 0.298 e. The van der Waals surface area contributed by atoms with E-state index in [1.807, 2.05) is 31.2 Å². The van der Waals surface area contributed by atoms with Crippen LogP contribution in [0.3, 0.4) is 0 Å². The van der Waals surface area contributed by atoms with Crippen molar-refractivity contribution in [3.63, 3.8) is 0 Å². The van der Waals surface area contributed by atoms with Crippen molar-refractivity contribution >= 4 is 45.5 Å². The van der Waals surface area contributed by atoms with Crippen LogP contribution < -0.4 is 5.32 Å². The number of hydrogen-bond acceptors (Lipinski definition) is 6. The molecule has 0 radical (unpaired) electrons. The zero-order valence-electron chi connectivity index (χ0n) is 15.9. The van der Waals surface area contributed by atoms with Gasteiger partial charge >= 0.3 is 0 Å². The van der Waals surface area contributed by atoms with Crippen molar-refractivity contribution in [3.05, 3.63) is 56.5 Å². The number of fused-ring (bicyclic) bond motifs is 1. The number of aromatic nitrogens is 2. The standard InChI is InChI=1S/C21H23N3OS3/c1-14-22-15(12-26-14)13-27-18-10-7-6-8-16(18)20(25)24-21-23-17-9-4-2-3-5-11-19(17)28-21/h6-8,10,12H,2-5,9,11,13H2,1H3,(H,23,24,25). The zero-order chi connectivity index (χ0) is 19.3. The van der Waals surface area contributed by atoms with Crippen LogP contribution in [0.2, 0.25) is 0 Å². The molecule has 4 rings (SSSR count). The highest BCUT2D eigenvalue weighted by Gasteiger charge is 2.17. The molecule has 0 saturated heterocycles. The number of benzene rings is 1. The van der Waals surface area contributed by atoms with Crippen LogP contribution in [0.4, 0.5) is 5.13 Å². The Bertz CT molecular complexity index is 938. The van der Waals surface area contributed by atoms with Crippen molar-refractivity contribution in [2.75, 3.05) is 5.32 Å². The summed E-state index contributed by atoms with van der Waals surface area (Å²) in [6.07, 6.45) is 7.10. The van der Waals surface area contributed by atoms with Gasteiger partial charge in [-0.3, -0.25) is 10.1 Å². The Kier molecular flexibility index (Phi) is 6.44. The number of nitrogens with one attached hydrogen (secondary N) is 1. The van der Waals surface area contributed by atoms with Gasteiger partial charge in [0.1, 0.15) is 0 Å². The average molecular weight is 430 g/mol. The van der Waals surface area contributed by atoms with Gasteiger partial charge < -0.3 is 0 Å². The number of rotatable bonds is 5. The molecule has 2 heterocycles. The lowest BCUT2D eigenvalue weighted by Crippen LogP contribution is -2.13. The Morgan fingerprint density at radius 1 is 1.14 bits per heavy atom. The van der Waals surface area contributed by atoms with Gasteiger partial charge in [-0.15, -0.1) is 34.4 Å². The molecule has 0 saturated carbocycles. The summed E-state index contributed by atoms with van der Waals surface area (Å²) in [5.41, 5.74) is 2.94. The van der Waals surface area contributed by atoms with Crippen molar-refractivity contribution in [2.24, 2.45) is 0 Å². The lowest BCUT2D eigenvalue weighted by atomic mass is 10.0. The first-order valence-electron chi connectivity index (χ1n) is 9.62. The van der Waals surface area contributed by atoms with Gasteiger partial charge in [0.15, 0.2) is 5.13 Å². The summed E-state index contributed by atoms with van der Waals surface area (Å²) < 4.78 is 0. The summed E-state index contributed by atoms with van der Waals surface area (Å²) in [6, 6.07) is 7.77. The molecular weight excluding hydrogens is 406 g/mol. The van der Waals surface area contributed by atoms with Crippen LogP contribution in [0.1, 0.15) is 57.3 Å². The molecule has 3 aromatic rings. The number of amides is 1. The average Bonchev–Trinajstić information content (AvgIpc) is 3.26. The van der Waals surface area contributed by atoms with Gasteiger partial charge in [0, 0.05) is 20.9 Å². The third-order valence-electron chi connectivity index (χ3n) is 4.74. The molecule has 4 nitrogen and oxygen atoms in total. The SMILES string of the molecule is Cc1nc(CSc2ccccc2C(=O)Nc2nc3c(s2)CCCCCC3)cs1. The molecule has 0 fully saturated rings. The van der Waals surface area contributed by atoms with Crippen molar-refractivity contribution < 1.29 is 4.79 Å². The van der Waals surface area contributed by atoms with E-state index in [4.69, 9.17) is 4.98 Å². The predicted molar refractivity (Wildman–Crippen MR) is 119 cm³/mol. The minimum atomic E-state index is -0.0840. The van der Waals surface area contributed by atoms with Crippen LogP contribution in [0, 0.1) is 6.92 Å². The first kappa shape index (κ1) is 19.6. The number of hydrogen-bond donors (Lipinski definition) is 1.